The normalized spacial score (nSPS) is 13.2. The molecule has 21 heavy (non-hydrogen) atoms. The monoisotopic (exact) mass is 380 g/mol. The van der Waals surface area contributed by atoms with Gasteiger partial charge in [0, 0.05) is 4.47 Å². The molecular weight excluding hydrogens is 372 g/mol. The summed E-state index contributed by atoms with van der Waals surface area (Å²) in [6.07, 6.45) is -4.34. The van der Waals surface area contributed by atoms with Crippen LogP contribution in [0.2, 0.25) is 0 Å². The van der Waals surface area contributed by atoms with Gasteiger partial charge in [0.25, 0.3) is 0 Å². The number of benzene rings is 2. The van der Waals surface area contributed by atoms with E-state index in [0.717, 1.165) is 12.1 Å². The van der Waals surface area contributed by atoms with E-state index in [4.69, 9.17) is 11.6 Å². The first kappa shape index (κ1) is 16.3. The second kappa shape index (κ2) is 6.36. The van der Waals surface area contributed by atoms with Crippen molar-refractivity contribution in [1.29, 1.82) is 0 Å². The third-order valence-corrected chi connectivity index (χ3v) is 4.13. The van der Waals surface area contributed by atoms with E-state index in [0.29, 0.717) is 10.0 Å². The fourth-order valence-corrected chi connectivity index (χ4v) is 2.93. The summed E-state index contributed by atoms with van der Waals surface area (Å²) < 4.78 is 52.3. The van der Waals surface area contributed by atoms with Crippen LogP contribution in [0.25, 0.3) is 0 Å². The van der Waals surface area contributed by atoms with Crippen LogP contribution in [0.3, 0.4) is 0 Å². The highest BCUT2D eigenvalue weighted by Crippen LogP contribution is 2.37. The Morgan fingerprint density at radius 1 is 1.10 bits per heavy atom. The number of halogens is 6. The van der Waals surface area contributed by atoms with Crippen molar-refractivity contribution in [3.63, 3.8) is 0 Å². The lowest BCUT2D eigenvalue weighted by molar-refractivity contribution is -0.137. The van der Waals surface area contributed by atoms with Crippen molar-refractivity contribution in [1.82, 2.24) is 0 Å². The molecule has 0 aliphatic heterocycles. The number of alkyl halides is 4. The van der Waals surface area contributed by atoms with Gasteiger partial charge >= 0.3 is 6.18 Å². The second-order valence-corrected chi connectivity index (χ2v) is 5.88. The zero-order valence-corrected chi connectivity index (χ0v) is 12.9. The maximum Gasteiger partial charge on any atom is 0.416 e. The largest absolute Gasteiger partial charge is 0.416 e. The molecule has 0 radical (unpaired) electrons. The highest BCUT2D eigenvalue weighted by atomic mass is 79.9. The maximum atomic E-state index is 13.6. The van der Waals surface area contributed by atoms with Gasteiger partial charge in [-0.05, 0) is 41.8 Å². The van der Waals surface area contributed by atoms with Gasteiger partial charge in [-0.3, -0.25) is 0 Å². The molecular formula is C15H10BrClF4. The Bertz CT molecular complexity index is 640. The van der Waals surface area contributed by atoms with Gasteiger partial charge in [-0.1, -0.05) is 34.1 Å². The van der Waals surface area contributed by atoms with Crippen molar-refractivity contribution >= 4 is 27.5 Å². The minimum Gasteiger partial charge on any atom is -0.207 e. The first-order valence-electron chi connectivity index (χ1n) is 6.03. The molecule has 0 amide bonds. The maximum absolute atomic E-state index is 13.6. The van der Waals surface area contributed by atoms with Crippen molar-refractivity contribution in [2.45, 2.75) is 18.0 Å². The lowest BCUT2D eigenvalue weighted by Crippen LogP contribution is -2.07. The first-order chi connectivity index (χ1) is 9.79. The molecule has 0 bridgehead atoms. The molecule has 1 atom stereocenters. The second-order valence-electron chi connectivity index (χ2n) is 4.50. The van der Waals surface area contributed by atoms with E-state index in [1.54, 1.807) is 18.2 Å². The van der Waals surface area contributed by atoms with E-state index in [-0.39, 0.29) is 12.0 Å². The minimum atomic E-state index is -4.44. The molecule has 112 valence electrons. The van der Waals surface area contributed by atoms with Gasteiger partial charge in [0.15, 0.2) is 0 Å². The summed E-state index contributed by atoms with van der Waals surface area (Å²) in [7, 11) is 0. The van der Waals surface area contributed by atoms with E-state index in [1.807, 2.05) is 0 Å². The fraction of sp³-hybridized carbons (Fsp3) is 0.200. The smallest absolute Gasteiger partial charge is 0.207 e. The summed E-state index contributed by atoms with van der Waals surface area (Å²) in [5.41, 5.74) is -0.128. The minimum absolute atomic E-state index is 0.105. The summed E-state index contributed by atoms with van der Waals surface area (Å²) in [5, 5.41) is -0.765. The van der Waals surface area contributed by atoms with Crippen LogP contribution in [-0.2, 0) is 12.6 Å². The Hall–Kier alpha value is -1.07. The Balaban J connectivity index is 2.31. The van der Waals surface area contributed by atoms with Crippen molar-refractivity contribution in [2.24, 2.45) is 0 Å². The van der Waals surface area contributed by atoms with Crippen LogP contribution in [0.15, 0.2) is 46.9 Å². The van der Waals surface area contributed by atoms with Crippen LogP contribution in [0.1, 0.15) is 22.1 Å². The third kappa shape index (κ3) is 3.98. The number of hydrogen-bond acceptors (Lipinski definition) is 0. The molecule has 0 nitrogen and oxygen atoms in total. The number of hydrogen-bond donors (Lipinski definition) is 0. The zero-order chi connectivity index (χ0) is 15.6. The standard InChI is InChI=1S/C15H10BrClF4/c16-12-6-5-10(15(19,20)21)8-11(12)13(17)7-9-3-1-2-4-14(9)18/h1-6,8,13H,7H2. The molecule has 0 aliphatic carbocycles. The number of rotatable bonds is 3. The summed E-state index contributed by atoms with van der Waals surface area (Å²) >= 11 is 9.36. The van der Waals surface area contributed by atoms with Gasteiger partial charge in [0.05, 0.1) is 10.9 Å². The van der Waals surface area contributed by atoms with Crippen molar-refractivity contribution in [3.8, 4) is 0 Å². The Morgan fingerprint density at radius 3 is 2.38 bits per heavy atom. The van der Waals surface area contributed by atoms with Crippen LogP contribution < -0.4 is 0 Å². The molecule has 0 aliphatic rings. The molecule has 0 saturated heterocycles. The Morgan fingerprint density at radius 2 is 1.76 bits per heavy atom. The van der Waals surface area contributed by atoms with Crippen molar-refractivity contribution in [2.75, 3.05) is 0 Å². The van der Waals surface area contributed by atoms with Gasteiger partial charge < -0.3 is 0 Å². The van der Waals surface area contributed by atoms with Gasteiger partial charge in [-0.25, -0.2) is 4.39 Å². The van der Waals surface area contributed by atoms with E-state index < -0.39 is 22.9 Å². The summed E-state index contributed by atoms with van der Waals surface area (Å²) in [4.78, 5) is 0. The predicted octanol–water partition coefficient (Wildman–Crippen LogP) is 6.13. The van der Waals surface area contributed by atoms with Crippen LogP contribution in [-0.4, -0.2) is 0 Å². The van der Waals surface area contributed by atoms with Gasteiger partial charge in [0.2, 0.25) is 0 Å². The molecule has 0 heterocycles. The van der Waals surface area contributed by atoms with Crippen LogP contribution in [0.5, 0.6) is 0 Å². The van der Waals surface area contributed by atoms with E-state index in [1.165, 1.54) is 12.1 Å². The van der Waals surface area contributed by atoms with Crippen LogP contribution in [0, 0.1) is 5.82 Å². The highest BCUT2D eigenvalue weighted by molar-refractivity contribution is 9.10. The third-order valence-electron chi connectivity index (χ3n) is 3.02. The molecule has 1 unspecified atom stereocenters. The zero-order valence-electron chi connectivity index (χ0n) is 10.6. The molecule has 2 rings (SSSR count). The molecule has 0 aromatic heterocycles. The van der Waals surface area contributed by atoms with Gasteiger partial charge in [-0.2, -0.15) is 13.2 Å². The molecule has 0 spiro atoms. The average Bonchev–Trinajstić information content (AvgIpc) is 2.40. The highest BCUT2D eigenvalue weighted by Gasteiger charge is 2.31. The molecule has 0 N–H and O–H groups in total. The van der Waals surface area contributed by atoms with Gasteiger partial charge in [-0.15, -0.1) is 11.6 Å². The summed E-state index contributed by atoms with van der Waals surface area (Å²) in [6, 6.07) is 9.32. The molecule has 0 fully saturated rings. The topological polar surface area (TPSA) is 0 Å². The Labute approximate surface area is 132 Å². The summed E-state index contributed by atoms with van der Waals surface area (Å²) in [6.45, 7) is 0. The lowest BCUT2D eigenvalue weighted by Gasteiger charge is -2.15. The van der Waals surface area contributed by atoms with Crippen molar-refractivity contribution in [3.05, 3.63) is 69.4 Å². The molecule has 2 aromatic rings. The quantitative estimate of drug-likeness (QED) is 0.443. The summed E-state index contributed by atoms with van der Waals surface area (Å²) in [5.74, 6) is -0.425. The fourth-order valence-electron chi connectivity index (χ4n) is 1.93. The van der Waals surface area contributed by atoms with Crippen LogP contribution in [0.4, 0.5) is 17.6 Å². The SMILES string of the molecule is Fc1ccccc1CC(Cl)c1cc(C(F)(F)F)ccc1Br. The molecule has 6 heteroatoms. The van der Waals surface area contributed by atoms with Crippen molar-refractivity contribution < 1.29 is 17.6 Å². The van der Waals surface area contributed by atoms with E-state index in [9.17, 15) is 17.6 Å². The Kier molecular flexibility index (Phi) is 4.94. The lowest BCUT2D eigenvalue weighted by atomic mass is 10.0. The molecule has 0 saturated carbocycles. The van der Waals surface area contributed by atoms with Crippen LogP contribution >= 0.6 is 27.5 Å². The van der Waals surface area contributed by atoms with E-state index in [2.05, 4.69) is 15.9 Å². The average molecular weight is 382 g/mol. The van der Waals surface area contributed by atoms with E-state index >= 15 is 0 Å². The predicted molar refractivity (Wildman–Crippen MR) is 77.8 cm³/mol. The van der Waals surface area contributed by atoms with Gasteiger partial charge in [0.1, 0.15) is 5.82 Å². The molecule has 2 aromatic carbocycles. The first-order valence-corrected chi connectivity index (χ1v) is 7.26.